The van der Waals surface area contributed by atoms with Crippen molar-refractivity contribution in [3.63, 3.8) is 0 Å². The molecule has 0 spiro atoms. The predicted molar refractivity (Wildman–Crippen MR) is 130 cm³/mol. The van der Waals surface area contributed by atoms with Crippen molar-refractivity contribution in [3.05, 3.63) is 65.7 Å². The van der Waals surface area contributed by atoms with Gasteiger partial charge in [-0.3, -0.25) is 14.6 Å². The van der Waals surface area contributed by atoms with Crippen LogP contribution in [0.5, 0.6) is 5.75 Å². The van der Waals surface area contributed by atoms with E-state index in [9.17, 15) is 9.59 Å². The number of ether oxygens (including phenoxy) is 1. The van der Waals surface area contributed by atoms with Gasteiger partial charge in [-0.1, -0.05) is 48.7 Å². The maximum absolute atomic E-state index is 12.8. The van der Waals surface area contributed by atoms with Crippen LogP contribution in [-0.4, -0.2) is 71.0 Å². The number of rotatable bonds is 8. The number of hydrogen-bond acceptors (Lipinski definition) is 6. The van der Waals surface area contributed by atoms with Crippen LogP contribution in [0.3, 0.4) is 0 Å². The van der Waals surface area contributed by atoms with Crippen LogP contribution in [-0.2, 0) is 11.4 Å². The van der Waals surface area contributed by atoms with Gasteiger partial charge in [-0.25, -0.2) is 9.37 Å². The molecule has 2 aliphatic heterocycles. The third-order valence-corrected chi connectivity index (χ3v) is 5.79. The van der Waals surface area contributed by atoms with Crippen molar-refractivity contribution in [2.75, 3.05) is 20.6 Å². The molecule has 1 fully saturated rings. The number of fused-ring (bicyclic) bond motifs is 1. The molecule has 2 aromatic carbocycles. The molecule has 0 radical (unpaired) electrons. The molecule has 0 bridgehead atoms. The Morgan fingerprint density at radius 1 is 1.09 bits per heavy atom. The molecular weight excluding hydrogens is 432 g/mol. The Kier molecular flexibility index (Phi) is 7.01. The van der Waals surface area contributed by atoms with E-state index in [2.05, 4.69) is 22.4 Å². The summed E-state index contributed by atoms with van der Waals surface area (Å²) in [6, 6.07) is 16.6. The number of nitrogens with zero attached hydrogens (tertiary/aromatic N) is 5. The molecule has 4 rings (SSSR count). The average molecular weight is 462 g/mol. The number of unbranched alkanes of at least 4 members (excludes halogenated alkanes) is 1. The van der Waals surface area contributed by atoms with Crippen LogP contribution in [0.2, 0.25) is 0 Å². The summed E-state index contributed by atoms with van der Waals surface area (Å²) < 4.78 is 7.69. The van der Waals surface area contributed by atoms with Crippen molar-refractivity contribution in [2.24, 2.45) is 10.1 Å². The molecule has 1 atom stereocenters. The number of imide groups is 1. The number of carbonyl (C=O) groups is 2. The molecule has 1 unspecified atom stereocenters. The van der Waals surface area contributed by atoms with Crippen LogP contribution < -0.4 is 10.2 Å². The summed E-state index contributed by atoms with van der Waals surface area (Å²) in [5.41, 5.74) is 4.95. The van der Waals surface area contributed by atoms with E-state index in [1.807, 2.05) is 59.2 Å². The SMILES string of the molecule is CCCC[N+]1=C(N/N=C/c2ccc(OCc3ccccc3)cc2)N=C2C1C(=O)N(C)C(=O)N2C. The second-order valence-corrected chi connectivity index (χ2v) is 8.20. The fourth-order valence-corrected chi connectivity index (χ4v) is 3.81. The molecule has 1 saturated heterocycles. The molecule has 9 heteroatoms. The van der Waals surface area contributed by atoms with Crippen LogP contribution in [0.25, 0.3) is 0 Å². The number of amides is 3. The number of benzene rings is 2. The summed E-state index contributed by atoms with van der Waals surface area (Å²) in [6.45, 7) is 3.22. The minimum Gasteiger partial charge on any atom is -0.489 e. The first-order valence-corrected chi connectivity index (χ1v) is 11.3. The fraction of sp³-hybridized carbons (Fsp3) is 0.320. The molecular formula is C25H29N6O3+. The van der Waals surface area contributed by atoms with Gasteiger partial charge in [0.05, 0.1) is 12.8 Å². The second kappa shape index (κ2) is 10.3. The predicted octanol–water partition coefficient (Wildman–Crippen LogP) is 2.66. The minimum absolute atomic E-state index is 0.287. The Labute approximate surface area is 199 Å². The summed E-state index contributed by atoms with van der Waals surface area (Å²) in [7, 11) is 3.12. The smallest absolute Gasteiger partial charge is 0.413 e. The van der Waals surface area contributed by atoms with Gasteiger partial charge in [-0.15, -0.1) is 5.10 Å². The molecule has 0 aliphatic carbocycles. The Bertz CT molecular complexity index is 1140. The van der Waals surface area contributed by atoms with E-state index in [1.54, 1.807) is 13.3 Å². The number of hydrogen-bond donors (Lipinski definition) is 1. The highest BCUT2D eigenvalue weighted by Gasteiger charge is 2.51. The molecule has 9 nitrogen and oxygen atoms in total. The van der Waals surface area contributed by atoms with E-state index in [0.29, 0.717) is 24.9 Å². The third-order valence-electron chi connectivity index (χ3n) is 5.79. The Hall–Kier alpha value is -4.01. The maximum Gasteiger partial charge on any atom is 0.413 e. The van der Waals surface area contributed by atoms with E-state index in [-0.39, 0.29) is 5.91 Å². The summed E-state index contributed by atoms with van der Waals surface area (Å²) in [5.74, 6) is 1.36. The molecule has 1 N–H and O–H groups in total. The van der Waals surface area contributed by atoms with E-state index in [1.165, 1.54) is 11.9 Å². The van der Waals surface area contributed by atoms with Crippen LogP contribution in [0, 0.1) is 0 Å². The molecule has 2 heterocycles. The lowest BCUT2D eigenvalue weighted by atomic mass is 10.1. The Morgan fingerprint density at radius 2 is 1.82 bits per heavy atom. The van der Waals surface area contributed by atoms with Gasteiger partial charge in [0.2, 0.25) is 11.9 Å². The van der Waals surface area contributed by atoms with Crippen LogP contribution in [0.4, 0.5) is 4.79 Å². The number of likely N-dealkylation sites (N-methyl/N-ethyl adjacent to an activating group) is 2. The van der Waals surface area contributed by atoms with Crippen LogP contribution in [0.15, 0.2) is 64.7 Å². The first-order chi connectivity index (χ1) is 16.5. The Morgan fingerprint density at radius 3 is 2.53 bits per heavy atom. The van der Waals surface area contributed by atoms with Crippen molar-refractivity contribution in [1.29, 1.82) is 0 Å². The zero-order valence-electron chi connectivity index (χ0n) is 19.6. The number of hydrazone groups is 1. The van der Waals surface area contributed by atoms with Crippen molar-refractivity contribution >= 4 is 29.9 Å². The number of aliphatic imine (C=N–C) groups is 1. The van der Waals surface area contributed by atoms with Crippen LogP contribution >= 0.6 is 0 Å². The standard InChI is InChI=1S/C25H28N6O3/c1-4-5-15-31-21-22(29(2)25(33)30(3)23(21)32)27-24(31)28-26-16-18-11-13-20(14-12-18)34-17-19-9-7-6-8-10-19/h6-14,16,21H,4-5,15,17H2,1-3H3/p+1/b26-16+. The van der Waals surface area contributed by atoms with Crippen LogP contribution in [0.1, 0.15) is 30.9 Å². The molecule has 2 aliphatic rings. The monoisotopic (exact) mass is 461 g/mol. The number of nitrogens with one attached hydrogen (secondary N) is 1. The Balaban J connectivity index is 1.44. The lowest BCUT2D eigenvalue weighted by Crippen LogP contribution is -2.61. The van der Waals surface area contributed by atoms with Crippen molar-refractivity contribution in [1.82, 2.24) is 15.2 Å². The van der Waals surface area contributed by atoms with E-state index < -0.39 is 12.1 Å². The fourth-order valence-electron chi connectivity index (χ4n) is 3.81. The lowest BCUT2D eigenvalue weighted by molar-refractivity contribution is -0.537. The van der Waals surface area contributed by atoms with Crippen molar-refractivity contribution in [2.45, 2.75) is 32.4 Å². The van der Waals surface area contributed by atoms with E-state index in [4.69, 9.17) is 4.74 Å². The second-order valence-electron chi connectivity index (χ2n) is 8.20. The quantitative estimate of drug-likeness (QED) is 0.372. The van der Waals surface area contributed by atoms with E-state index in [0.717, 1.165) is 34.6 Å². The molecule has 0 aromatic heterocycles. The summed E-state index contributed by atoms with van der Waals surface area (Å²) in [5, 5.41) is 4.32. The highest BCUT2D eigenvalue weighted by Crippen LogP contribution is 2.19. The van der Waals surface area contributed by atoms with Gasteiger partial charge in [-0.05, 0) is 41.8 Å². The van der Waals surface area contributed by atoms with Crippen molar-refractivity contribution in [3.8, 4) is 5.75 Å². The number of guanidine groups is 1. The number of carbonyl (C=O) groups excluding carboxylic acids is 2. The largest absolute Gasteiger partial charge is 0.489 e. The molecule has 3 amide bonds. The van der Waals surface area contributed by atoms with Gasteiger partial charge in [0, 0.05) is 14.1 Å². The lowest BCUT2D eigenvalue weighted by Gasteiger charge is -2.31. The number of urea groups is 1. The summed E-state index contributed by atoms with van der Waals surface area (Å²) >= 11 is 0. The highest BCUT2D eigenvalue weighted by molar-refractivity contribution is 6.22. The normalized spacial score (nSPS) is 18.0. The van der Waals surface area contributed by atoms with Crippen molar-refractivity contribution < 1.29 is 18.9 Å². The van der Waals surface area contributed by atoms with Gasteiger partial charge >= 0.3 is 12.0 Å². The molecule has 34 heavy (non-hydrogen) atoms. The molecule has 2 aromatic rings. The summed E-state index contributed by atoms with van der Waals surface area (Å²) in [6.07, 6.45) is 3.52. The zero-order valence-corrected chi connectivity index (χ0v) is 19.6. The maximum atomic E-state index is 12.8. The third kappa shape index (κ3) is 4.83. The molecule has 176 valence electrons. The van der Waals surface area contributed by atoms with Gasteiger partial charge in [0.25, 0.3) is 5.91 Å². The van der Waals surface area contributed by atoms with Gasteiger partial charge < -0.3 is 4.74 Å². The first kappa shape index (κ1) is 23.2. The molecule has 0 saturated carbocycles. The van der Waals surface area contributed by atoms with E-state index >= 15 is 0 Å². The zero-order chi connectivity index (χ0) is 24.1. The first-order valence-electron chi connectivity index (χ1n) is 11.3. The average Bonchev–Trinajstić information content (AvgIpc) is 3.23. The number of amidine groups is 1. The van der Waals surface area contributed by atoms with Gasteiger partial charge in [-0.2, -0.15) is 5.43 Å². The topological polar surface area (TPSA) is 89.6 Å². The minimum atomic E-state index is -0.627. The summed E-state index contributed by atoms with van der Waals surface area (Å²) in [4.78, 5) is 32.2. The van der Waals surface area contributed by atoms with Gasteiger partial charge in [0.15, 0.2) is 0 Å². The van der Waals surface area contributed by atoms with Gasteiger partial charge in [0.1, 0.15) is 12.4 Å². The highest BCUT2D eigenvalue weighted by atomic mass is 16.5.